The van der Waals surface area contributed by atoms with Crippen molar-refractivity contribution >= 4 is 6.09 Å². The summed E-state index contributed by atoms with van der Waals surface area (Å²) >= 11 is 0. The van der Waals surface area contributed by atoms with Gasteiger partial charge in [0.15, 0.2) is 0 Å². The molecule has 0 aromatic carbocycles. The van der Waals surface area contributed by atoms with Gasteiger partial charge in [0.25, 0.3) is 0 Å². The molecule has 1 N–H and O–H groups in total. The second-order valence-electron chi connectivity index (χ2n) is 9.35. The number of piperidine rings is 1. The van der Waals surface area contributed by atoms with Crippen molar-refractivity contribution in [1.82, 2.24) is 9.80 Å². The molecule has 0 aromatic rings. The van der Waals surface area contributed by atoms with Crippen LogP contribution in [-0.4, -0.2) is 52.2 Å². The molecule has 4 nitrogen and oxygen atoms in total. The summed E-state index contributed by atoms with van der Waals surface area (Å²) in [5.74, 6) is 1.35. The molecule has 2 aliphatic rings. The molecule has 3 atom stereocenters. The number of amides is 1. The van der Waals surface area contributed by atoms with Crippen LogP contribution in [0.1, 0.15) is 85.5 Å². The van der Waals surface area contributed by atoms with E-state index in [1.807, 2.05) is 20.8 Å². The molecule has 0 radical (unpaired) electrons. The predicted octanol–water partition coefficient (Wildman–Crippen LogP) is 5.23. The third-order valence-corrected chi connectivity index (χ3v) is 6.19. The van der Waals surface area contributed by atoms with Gasteiger partial charge in [-0.3, -0.25) is 0 Å². The lowest BCUT2D eigenvalue weighted by atomic mass is 9.81. The number of likely N-dealkylation sites (tertiary alicyclic amines) is 1. The Morgan fingerprint density at radius 3 is 2.52 bits per heavy atom. The molecule has 0 spiro atoms. The van der Waals surface area contributed by atoms with E-state index in [1.54, 1.807) is 4.90 Å². The molecule has 146 valence electrons. The molecule has 1 heterocycles. The summed E-state index contributed by atoms with van der Waals surface area (Å²) in [6, 6.07) is 0.183. The molecule has 1 amide bonds. The zero-order chi connectivity index (χ0) is 18.4. The summed E-state index contributed by atoms with van der Waals surface area (Å²) in [7, 11) is 0. The SMILES string of the molecule is CCCCC1CCCN(C[C@@H]2CCCC[C@H]2N(C(=O)O)C(C)(C)C)C1. The van der Waals surface area contributed by atoms with E-state index in [1.165, 1.54) is 64.5 Å². The Morgan fingerprint density at radius 1 is 1.16 bits per heavy atom. The van der Waals surface area contributed by atoms with Gasteiger partial charge < -0.3 is 14.9 Å². The first-order valence-electron chi connectivity index (χ1n) is 10.6. The summed E-state index contributed by atoms with van der Waals surface area (Å²) in [5.41, 5.74) is -0.322. The van der Waals surface area contributed by atoms with Crippen LogP contribution in [0.15, 0.2) is 0 Å². The van der Waals surface area contributed by atoms with E-state index in [0.29, 0.717) is 5.92 Å². The fourth-order valence-electron chi connectivity index (χ4n) is 5.04. The minimum absolute atomic E-state index is 0.183. The predicted molar refractivity (Wildman–Crippen MR) is 104 cm³/mol. The molecule has 4 heteroatoms. The van der Waals surface area contributed by atoms with E-state index in [4.69, 9.17) is 0 Å². The largest absolute Gasteiger partial charge is 0.465 e. The van der Waals surface area contributed by atoms with Crippen molar-refractivity contribution in [2.75, 3.05) is 19.6 Å². The summed E-state index contributed by atoms with van der Waals surface area (Å²) in [6.07, 6.45) is 10.6. The molecule has 0 bridgehead atoms. The van der Waals surface area contributed by atoms with Gasteiger partial charge in [0.05, 0.1) is 0 Å². The van der Waals surface area contributed by atoms with Crippen molar-refractivity contribution in [3.05, 3.63) is 0 Å². The third kappa shape index (κ3) is 5.87. The fraction of sp³-hybridized carbons (Fsp3) is 0.952. The van der Waals surface area contributed by atoms with Crippen LogP contribution in [0.4, 0.5) is 4.79 Å². The lowest BCUT2D eigenvalue weighted by Gasteiger charge is -2.47. The van der Waals surface area contributed by atoms with Crippen LogP contribution in [0.2, 0.25) is 0 Å². The molecule has 1 aliphatic carbocycles. The highest BCUT2D eigenvalue weighted by atomic mass is 16.4. The number of carbonyl (C=O) groups is 1. The molecular weight excluding hydrogens is 312 g/mol. The highest BCUT2D eigenvalue weighted by Crippen LogP contribution is 2.34. The van der Waals surface area contributed by atoms with Gasteiger partial charge in [0.2, 0.25) is 0 Å². The molecule has 25 heavy (non-hydrogen) atoms. The van der Waals surface area contributed by atoms with Gasteiger partial charge >= 0.3 is 6.09 Å². The van der Waals surface area contributed by atoms with Gasteiger partial charge in [0.1, 0.15) is 0 Å². The Bertz CT molecular complexity index is 419. The Balaban J connectivity index is 2.01. The maximum Gasteiger partial charge on any atom is 0.407 e. The maximum absolute atomic E-state index is 12.0. The first kappa shape index (κ1) is 20.5. The van der Waals surface area contributed by atoms with E-state index < -0.39 is 6.09 Å². The highest BCUT2D eigenvalue weighted by Gasteiger charge is 2.39. The Morgan fingerprint density at radius 2 is 1.88 bits per heavy atom. The number of nitrogens with zero attached hydrogens (tertiary/aromatic N) is 2. The van der Waals surface area contributed by atoms with E-state index in [2.05, 4.69) is 11.8 Å². The van der Waals surface area contributed by atoms with Crippen molar-refractivity contribution < 1.29 is 9.90 Å². The van der Waals surface area contributed by atoms with Gasteiger partial charge in [-0.15, -0.1) is 0 Å². The van der Waals surface area contributed by atoms with Crippen LogP contribution in [-0.2, 0) is 0 Å². The van der Waals surface area contributed by atoms with Crippen molar-refractivity contribution in [2.45, 2.75) is 97.1 Å². The van der Waals surface area contributed by atoms with Crippen LogP contribution in [0.3, 0.4) is 0 Å². The summed E-state index contributed by atoms with van der Waals surface area (Å²) in [6.45, 7) is 11.9. The second kappa shape index (κ2) is 9.25. The number of hydrogen-bond donors (Lipinski definition) is 1. The van der Waals surface area contributed by atoms with E-state index >= 15 is 0 Å². The standard InChI is InChI=1S/C21H40N2O2/c1-5-6-10-17-11-9-14-22(15-17)16-18-12-7-8-13-19(18)23(20(24)25)21(2,3)4/h17-19H,5-16H2,1-4H3,(H,24,25)/t17?,18-,19+/m0/s1. The molecular formula is C21H40N2O2. The topological polar surface area (TPSA) is 43.8 Å². The zero-order valence-electron chi connectivity index (χ0n) is 17.0. The minimum atomic E-state index is -0.746. The van der Waals surface area contributed by atoms with E-state index in [9.17, 15) is 9.90 Å². The minimum Gasteiger partial charge on any atom is -0.465 e. The first-order chi connectivity index (χ1) is 11.8. The van der Waals surface area contributed by atoms with E-state index in [-0.39, 0.29) is 11.6 Å². The average molecular weight is 353 g/mol. The number of hydrogen-bond acceptors (Lipinski definition) is 2. The van der Waals surface area contributed by atoms with Crippen LogP contribution in [0.5, 0.6) is 0 Å². The summed E-state index contributed by atoms with van der Waals surface area (Å²) < 4.78 is 0. The zero-order valence-corrected chi connectivity index (χ0v) is 17.0. The smallest absolute Gasteiger partial charge is 0.407 e. The van der Waals surface area contributed by atoms with Crippen LogP contribution >= 0.6 is 0 Å². The normalized spacial score (nSPS) is 28.7. The average Bonchev–Trinajstić information content (AvgIpc) is 2.53. The van der Waals surface area contributed by atoms with Crippen LogP contribution in [0, 0.1) is 11.8 Å². The van der Waals surface area contributed by atoms with Crippen molar-refractivity contribution in [2.24, 2.45) is 11.8 Å². The Hall–Kier alpha value is -0.770. The lowest BCUT2D eigenvalue weighted by Crippen LogP contribution is -2.56. The monoisotopic (exact) mass is 352 g/mol. The van der Waals surface area contributed by atoms with Gasteiger partial charge in [-0.05, 0) is 71.3 Å². The van der Waals surface area contributed by atoms with Gasteiger partial charge in [0, 0.05) is 24.7 Å². The third-order valence-electron chi connectivity index (χ3n) is 6.19. The molecule has 2 rings (SSSR count). The molecule has 1 aliphatic heterocycles. The number of unbranched alkanes of at least 4 members (excludes halogenated alkanes) is 1. The quantitative estimate of drug-likeness (QED) is 0.712. The molecule has 1 saturated heterocycles. The molecule has 2 fully saturated rings. The Labute approximate surface area is 155 Å². The summed E-state index contributed by atoms with van der Waals surface area (Å²) in [4.78, 5) is 16.4. The molecule has 1 unspecified atom stereocenters. The highest BCUT2D eigenvalue weighted by molar-refractivity contribution is 5.66. The molecule has 1 saturated carbocycles. The van der Waals surface area contributed by atoms with Crippen molar-refractivity contribution in [3.63, 3.8) is 0 Å². The molecule has 0 aromatic heterocycles. The van der Waals surface area contributed by atoms with Crippen molar-refractivity contribution in [3.8, 4) is 0 Å². The van der Waals surface area contributed by atoms with Gasteiger partial charge in [-0.1, -0.05) is 32.6 Å². The number of rotatable bonds is 6. The van der Waals surface area contributed by atoms with Crippen LogP contribution in [0.25, 0.3) is 0 Å². The van der Waals surface area contributed by atoms with Crippen molar-refractivity contribution in [1.29, 1.82) is 0 Å². The Kier molecular flexibility index (Phi) is 7.60. The van der Waals surface area contributed by atoms with Gasteiger partial charge in [-0.25, -0.2) is 4.79 Å². The maximum atomic E-state index is 12.0. The van der Waals surface area contributed by atoms with Crippen LogP contribution < -0.4 is 0 Å². The second-order valence-corrected chi connectivity index (χ2v) is 9.35. The summed E-state index contributed by atoms with van der Waals surface area (Å²) in [5, 5.41) is 9.84. The lowest BCUT2D eigenvalue weighted by molar-refractivity contribution is 0.0173. The van der Waals surface area contributed by atoms with Gasteiger partial charge in [-0.2, -0.15) is 0 Å². The first-order valence-corrected chi connectivity index (χ1v) is 10.6. The fourth-order valence-corrected chi connectivity index (χ4v) is 5.04. The number of carboxylic acid groups (broad SMARTS) is 1. The van der Waals surface area contributed by atoms with E-state index in [0.717, 1.165) is 18.9 Å².